The third kappa shape index (κ3) is 4.58. The van der Waals surface area contributed by atoms with Crippen LogP contribution < -0.4 is 0 Å². The van der Waals surface area contributed by atoms with E-state index in [2.05, 4.69) is 4.99 Å². The summed E-state index contributed by atoms with van der Waals surface area (Å²) < 4.78 is 4.94. The Kier molecular flexibility index (Phi) is 5.10. The van der Waals surface area contributed by atoms with Crippen molar-refractivity contribution in [3.63, 3.8) is 0 Å². The molecule has 1 saturated heterocycles. The highest BCUT2D eigenvalue weighted by atomic mass is 32.1. The zero-order valence-corrected chi connectivity index (χ0v) is 8.05. The van der Waals surface area contributed by atoms with E-state index < -0.39 is 0 Å². The first-order chi connectivity index (χ1) is 6.43. The molecule has 0 aromatic carbocycles. The molecule has 0 saturated carbocycles. The van der Waals surface area contributed by atoms with E-state index in [0.717, 1.165) is 13.2 Å². The van der Waals surface area contributed by atoms with E-state index in [1.54, 1.807) is 11.4 Å². The standard InChI is InChI=1S/C5H3NOS.C4H8O/c7-4-6-5-1-2-8-3-5;1-2-4-5-3-1/h1-3H;1-4H2. The molecular weight excluding hydrogens is 186 g/mol. The maximum atomic E-state index is 9.59. The second-order valence-corrected chi connectivity index (χ2v) is 3.28. The van der Waals surface area contributed by atoms with Crippen molar-refractivity contribution >= 4 is 23.1 Å². The molecule has 1 aromatic rings. The topological polar surface area (TPSA) is 38.7 Å². The highest BCUT2D eigenvalue weighted by Gasteiger charge is 1.94. The van der Waals surface area contributed by atoms with Crippen LogP contribution in [0.4, 0.5) is 5.69 Å². The number of aliphatic imine (C=N–C) groups is 1. The van der Waals surface area contributed by atoms with Crippen molar-refractivity contribution in [3.8, 4) is 0 Å². The van der Waals surface area contributed by atoms with Gasteiger partial charge in [-0.05, 0) is 24.3 Å². The fraction of sp³-hybridized carbons (Fsp3) is 0.444. The number of hydrogen-bond donors (Lipinski definition) is 0. The molecule has 0 unspecified atom stereocenters. The van der Waals surface area contributed by atoms with Gasteiger partial charge >= 0.3 is 0 Å². The van der Waals surface area contributed by atoms with Gasteiger partial charge in [0.15, 0.2) is 0 Å². The van der Waals surface area contributed by atoms with Gasteiger partial charge in [0.2, 0.25) is 6.08 Å². The lowest BCUT2D eigenvalue weighted by Crippen LogP contribution is -1.74. The third-order valence-electron chi connectivity index (χ3n) is 1.51. The smallest absolute Gasteiger partial charge is 0.240 e. The van der Waals surface area contributed by atoms with Gasteiger partial charge in [0.05, 0.1) is 5.69 Å². The molecule has 1 aliphatic heterocycles. The third-order valence-corrected chi connectivity index (χ3v) is 2.18. The lowest BCUT2D eigenvalue weighted by molar-refractivity contribution is 0.198. The van der Waals surface area contributed by atoms with Gasteiger partial charge in [-0.2, -0.15) is 16.3 Å². The van der Waals surface area contributed by atoms with Crippen LogP contribution in [0, 0.1) is 0 Å². The molecule has 13 heavy (non-hydrogen) atoms. The highest BCUT2D eigenvalue weighted by molar-refractivity contribution is 7.08. The average molecular weight is 197 g/mol. The van der Waals surface area contributed by atoms with Gasteiger partial charge in [0.25, 0.3) is 0 Å². The monoisotopic (exact) mass is 197 g/mol. The zero-order valence-electron chi connectivity index (χ0n) is 7.23. The molecule has 0 amide bonds. The molecule has 1 fully saturated rings. The quantitative estimate of drug-likeness (QED) is 0.512. The van der Waals surface area contributed by atoms with Gasteiger partial charge in [-0.25, -0.2) is 4.79 Å². The molecule has 0 bridgehead atoms. The van der Waals surface area contributed by atoms with Gasteiger partial charge in [0, 0.05) is 18.6 Å². The Hall–Kier alpha value is -0.960. The SMILES string of the molecule is C1CCOC1.O=C=Nc1ccsc1. The summed E-state index contributed by atoms with van der Waals surface area (Å²) in [4.78, 5) is 13.0. The van der Waals surface area contributed by atoms with Gasteiger partial charge in [-0.15, -0.1) is 0 Å². The Bertz CT molecular complexity index is 254. The molecule has 70 valence electrons. The molecule has 0 N–H and O–H groups in total. The summed E-state index contributed by atoms with van der Waals surface area (Å²) in [6.45, 7) is 2.00. The second kappa shape index (κ2) is 6.54. The van der Waals surface area contributed by atoms with Gasteiger partial charge in [-0.3, -0.25) is 0 Å². The summed E-state index contributed by atoms with van der Waals surface area (Å²) in [5, 5.41) is 3.64. The van der Waals surface area contributed by atoms with Crippen LogP contribution in [0.1, 0.15) is 12.8 Å². The van der Waals surface area contributed by atoms with Gasteiger partial charge < -0.3 is 4.74 Å². The minimum absolute atomic E-state index is 0.685. The van der Waals surface area contributed by atoms with E-state index in [1.165, 1.54) is 30.3 Å². The molecule has 1 aliphatic rings. The van der Waals surface area contributed by atoms with Crippen molar-refractivity contribution in [1.29, 1.82) is 0 Å². The molecule has 1 aromatic heterocycles. The molecule has 0 spiro atoms. The zero-order chi connectivity index (χ0) is 9.36. The number of isocyanates is 1. The van der Waals surface area contributed by atoms with Crippen LogP contribution in [0.15, 0.2) is 21.8 Å². The largest absolute Gasteiger partial charge is 0.381 e. The van der Waals surface area contributed by atoms with Crippen molar-refractivity contribution in [2.24, 2.45) is 4.99 Å². The van der Waals surface area contributed by atoms with Gasteiger partial charge in [-0.1, -0.05) is 0 Å². The first-order valence-electron chi connectivity index (χ1n) is 4.11. The van der Waals surface area contributed by atoms with Crippen LogP contribution in [0.2, 0.25) is 0 Å². The van der Waals surface area contributed by atoms with Crippen LogP contribution in [-0.4, -0.2) is 19.3 Å². The van der Waals surface area contributed by atoms with Crippen LogP contribution in [0.5, 0.6) is 0 Å². The van der Waals surface area contributed by atoms with E-state index in [-0.39, 0.29) is 0 Å². The molecule has 2 heterocycles. The number of ether oxygens (including phenoxy) is 1. The molecule has 0 radical (unpaired) electrons. The summed E-state index contributed by atoms with van der Waals surface area (Å²) in [6.07, 6.45) is 4.01. The molecular formula is C9H11NO2S. The summed E-state index contributed by atoms with van der Waals surface area (Å²) in [6, 6.07) is 1.76. The van der Waals surface area contributed by atoms with E-state index in [0.29, 0.717) is 5.69 Å². The molecule has 3 nitrogen and oxygen atoms in total. The van der Waals surface area contributed by atoms with Crippen LogP contribution >= 0.6 is 11.3 Å². The maximum absolute atomic E-state index is 9.59. The summed E-state index contributed by atoms with van der Waals surface area (Å²) in [5.41, 5.74) is 0.685. The van der Waals surface area contributed by atoms with Gasteiger partial charge in [0.1, 0.15) is 0 Å². The molecule has 0 atom stereocenters. The fourth-order valence-electron chi connectivity index (χ4n) is 0.884. The first-order valence-corrected chi connectivity index (χ1v) is 5.05. The highest BCUT2D eigenvalue weighted by Crippen LogP contribution is 2.13. The second-order valence-electron chi connectivity index (χ2n) is 2.50. The summed E-state index contributed by atoms with van der Waals surface area (Å²) >= 11 is 1.51. The predicted octanol–water partition coefficient (Wildman–Crippen LogP) is 2.51. The van der Waals surface area contributed by atoms with Crippen molar-refractivity contribution < 1.29 is 9.53 Å². The summed E-state index contributed by atoms with van der Waals surface area (Å²) in [5.74, 6) is 0. The molecule has 0 aliphatic carbocycles. The lowest BCUT2D eigenvalue weighted by Gasteiger charge is -1.76. The van der Waals surface area contributed by atoms with E-state index in [9.17, 15) is 4.79 Å². The Balaban J connectivity index is 0.000000145. The Morgan fingerprint density at radius 1 is 1.46 bits per heavy atom. The number of carbonyl (C=O) groups excluding carboxylic acids is 1. The van der Waals surface area contributed by atoms with Crippen molar-refractivity contribution in [3.05, 3.63) is 16.8 Å². The normalized spacial score (nSPS) is 14.2. The average Bonchev–Trinajstić information content (AvgIpc) is 2.79. The fourth-order valence-corrected chi connectivity index (χ4v) is 1.45. The van der Waals surface area contributed by atoms with E-state index >= 15 is 0 Å². The van der Waals surface area contributed by atoms with Crippen molar-refractivity contribution in [1.82, 2.24) is 0 Å². The number of thiophene rings is 1. The Morgan fingerprint density at radius 3 is 2.62 bits per heavy atom. The Morgan fingerprint density at radius 2 is 2.23 bits per heavy atom. The molecule has 2 rings (SSSR count). The number of hydrogen-bond acceptors (Lipinski definition) is 4. The van der Waals surface area contributed by atoms with E-state index in [1.807, 2.05) is 5.38 Å². The predicted molar refractivity (Wildman–Crippen MR) is 52.2 cm³/mol. The van der Waals surface area contributed by atoms with Crippen LogP contribution in [-0.2, 0) is 9.53 Å². The Labute approximate surface area is 81.1 Å². The summed E-state index contributed by atoms with van der Waals surface area (Å²) in [7, 11) is 0. The number of rotatable bonds is 1. The minimum atomic E-state index is 0.685. The first kappa shape index (κ1) is 10.1. The van der Waals surface area contributed by atoms with Crippen LogP contribution in [0.25, 0.3) is 0 Å². The minimum Gasteiger partial charge on any atom is -0.381 e. The van der Waals surface area contributed by atoms with Crippen molar-refractivity contribution in [2.75, 3.05) is 13.2 Å². The maximum Gasteiger partial charge on any atom is 0.240 e. The van der Waals surface area contributed by atoms with E-state index in [4.69, 9.17) is 4.74 Å². The van der Waals surface area contributed by atoms with Crippen LogP contribution in [0.3, 0.4) is 0 Å². The molecule has 4 heteroatoms. The van der Waals surface area contributed by atoms with Crippen molar-refractivity contribution in [2.45, 2.75) is 12.8 Å². The lowest BCUT2D eigenvalue weighted by atomic mass is 10.4. The number of nitrogens with zero attached hydrogens (tertiary/aromatic N) is 1.